The summed E-state index contributed by atoms with van der Waals surface area (Å²) in [6, 6.07) is 11.1. The number of rotatable bonds is 4. The standard InChI is InChI=1S/C14H14FNO3S/c1-16(10-11-3-2-4-12(15)9-11)20(18,19)14-7-5-13(17)6-8-14/h2-9,17H,10H2,1H3. The Morgan fingerprint density at radius 2 is 1.80 bits per heavy atom. The zero-order chi connectivity index (χ0) is 14.8. The molecule has 0 atom stereocenters. The molecule has 0 fully saturated rings. The summed E-state index contributed by atoms with van der Waals surface area (Å²) < 4.78 is 38.8. The average molecular weight is 295 g/mol. The lowest BCUT2D eigenvalue weighted by molar-refractivity contribution is 0.463. The largest absolute Gasteiger partial charge is 0.508 e. The van der Waals surface area contributed by atoms with E-state index in [-0.39, 0.29) is 17.2 Å². The molecule has 4 nitrogen and oxygen atoms in total. The minimum Gasteiger partial charge on any atom is -0.508 e. The molecular formula is C14H14FNO3S. The normalized spacial score (nSPS) is 11.8. The predicted molar refractivity (Wildman–Crippen MR) is 73.2 cm³/mol. The van der Waals surface area contributed by atoms with E-state index in [2.05, 4.69) is 0 Å². The van der Waals surface area contributed by atoms with Gasteiger partial charge in [0.1, 0.15) is 11.6 Å². The lowest BCUT2D eigenvalue weighted by Crippen LogP contribution is -2.26. The van der Waals surface area contributed by atoms with Gasteiger partial charge in [0.25, 0.3) is 0 Å². The Morgan fingerprint density at radius 3 is 2.40 bits per heavy atom. The van der Waals surface area contributed by atoms with E-state index in [4.69, 9.17) is 0 Å². The van der Waals surface area contributed by atoms with E-state index in [1.165, 1.54) is 49.5 Å². The molecule has 6 heteroatoms. The summed E-state index contributed by atoms with van der Waals surface area (Å²) in [5.41, 5.74) is 0.565. The fraction of sp³-hybridized carbons (Fsp3) is 0.143. The van der Waals surface area contributed by atoms with Gasteiger partial charge in [0, 0.05) is 13.6 Å². The minimum atomic E-state index is -3.67. The molecule has 20 heavy (non-hydrogen) atoms. The molecule has 1 N–H and O–H groups in total. The molecule has 0 saturated carbocycles. The van der Waals surface area contributed by atoms with Crippen LogP contribution in [0.5, 0.6) is 5.75 Å². The Hall–Kier alpha value is -1.92. The summed E-state index contributed by atoms with van der Waals surface area (Å²) in [5, 5.41) is 9.18. The first-order chi connectivity index (χ1) is 9.39. The number of sulfonamides is 1. The van der Waals surface area contributed by atoms with E-state index in [0.29, 0.717) is 5.56 Å². The zero-order valence-corrected chi connectivity index (χ0v) is 11.6. The van der Waals surface area contributed by atoms with E-state index >= 15 is 0 Å². The van der Waals surface area contributed by atoms with Crippen molar-refractivity contribution in [3.05, 3.63) is 59.9 Å². The van der Waals surface area contributed by atoms with Crippen LogP contribution >= 0.6 is 0 Å². The van der Waals surface area contributed by atoms with Gasteiger partial charge in [-0.15, -0.1) is 0 Å². The Bertz CT molecular complexity index is 699. The van der Waals surface area contributed by atoms with Gasteiger partial charge in [-0.05, 0) is 42.0 Å². The zero-order valence-electron chi connectivity index (χ0n) is 10.8. The number of halogens is 1. The maximum absolute atomic E-state index is 13.1. The first-order valence-corrected chi connectivity index (χ1v) is 7.33. The first-order valence-electron chi connectivity index (χ1n) is 5.89. The SMILES string of the molecule is CN(Cc1cccc(F)c1)S(=O)(=O)c1ccc(O)cc1. The molecule has 0 aromatic heterocycles. The van der Waals surface area contributed by atoms with Crippen LogP contribution in [0.4, 0.5) is 4.39 Å². The summed E-state index contributed by atoms with van der Waals surface area (Å²) >= 11 is 0. The van der Waals surface area contributed by atoms with Crippen LogP contribution in [0.3, 0.4) is 0 Å². The molecule has 2 aromatic rings. The quantitative estimate of drug-likeness (QED) is 0.942. The summed E-state index contributed by atoms with van der Waals surface area (Å²) in [7, 11) is -2.24. The van der Waals surface area contributed by atoms with Crippen molar-refractivity contribution in [2.45, 2.75) is 11.4 Å². The maximum atomic E-state index is 13.1. The summed E-state index contributed by atoms with van der Waals surface area (Å²) in [5.74, 6) is -0.408. The Kier molecular flexibility index (Phi) is 4.06. The molecule has 0 radical (unpaired) electrons. The Balaban J connectivity index is 2.23. The highest BCUT2D eigenvalue weighted by Gasteiger charge is 2.20. The van der Waals surface area contributed by atoms with Gasteiger partial charge in [-0.3, -0.25) is 0 Å². The van der Waals surface area contributed by atoms with Crippen molar-refractivity contribution in [1.29, 1.82) is 0 Å². The van der Waals surface area contributed by atoms with E-state index in [9.17, 15) is 17.9 Å². The van der Waals surface area contributed by atoms with E-state index in [0.717, 1.165) is 4.31 Å². The second-order valence-electron chi connectivity index (χ2n) is 4.38. The van der Waals surface area contributed by atoms with Crippen molar-refractivity contribution in [2.75, 3.05) is 7.05 Å². The van der Waals surface area contributed by atoms with Gasteiger partial charge < -0.3 is 5.11 Å². The highest BCUT2D eigenvalue weighted by molar-refractivity contribution is 7.89. The number of aromatic hydroxyl groups is 1. The van der Waals surface area contributed by atoms with Crippen LogP contribution in [0, 0.1) is 5.82 Å². The molecule has 0 aliphatic rings. The molecule has 0 bridgehead atoms. The second-order valence-corrected chi connectivity index (χ2v) is 6.43. The van der Waals surface area contributed by atoms with Crippen molar-refractivity contribution < 1.29 is 17.9 Å². The first kappa shape index (κ1) is 14.5. The molecule has 106 valence electrons. The molecule has 0 amide bonds. The van der Waals surface area contributed by atoms with Crippen molar-refractivity contribution >= 4 is 10.0 Å². The minimum absolute atomic E-state index is 0.00302. The molecular weight excluding hydrogens is 281 g/mol. The maximum Gasteiger partial charge on any atom is 0.243 e. The molecule has 0 aliphatic heterocycles. The number of hydrogen-bond acceptors (Lipinski definition) is 3. The van der Waals surface area contributed by atoms with Gasteiger partial charge in [-0.25, -0.2) is 12.8 Å². The number of hydrogen-bond donors (Lipinski definition) is 1. The molecule has 2 aromatic carbocycles. The van der Waals surface area contributed by atoms with Crippen LogP contribution in [0.25, 0.3) is 0 Å². The van der Waals surface area contributed by atoms with Gasteiger partial charge in [-0.1, -0.05) is 12.1 Å². The molecule has 0 unspecified atom stereocenters. The van der Waals surface area contributed by atoms with E-state index < -0.39 is 15.8 Å². The van der Waals surface area contributed by atoms with Gasteiger partial charge >= 0.3 is 0 Å². The summed E-state index contributed by atoms with van der Waals surface area (Å²) in [4.78, 5) is 0.0780. The highest BCUT2D eigenvalue weighted by Crippen LogP contribution is 2.19. The number of benzene rings is 2. The van der Waals surface area contributed by atoms with E-state index in [1.54, 1.807) is 6.07 Å². The van der Waals surface area contributed by atoms with Crippen molar-refractivity contribution in [3.8, 4) is 5.75 Å². The van der Waals surface area contributed by atoms with Crippen LogP contribution in [-0.2, 0) is 16.6 Å². The third-order valence-electron chi connectivity index (χ3n) is 2.84. The van der Waals surface area contributed by atoms with Crippen molar-refractivity contribution in [1.82, 2.24) is 4.31 Å². The third-order valence-corrected chi connectivity index (χ3v) is 4.66. The highest BCUT2D eigenvalue weighted by atomic mass is 32.2. The topological polar surface area (TPSA) is 57.6 Å². The predicted octanol–water partition coefficient (Wildman–Crippen LogP) is 2.35. The Labute approximate surface area is 117 Å². The average Bonchev–Trinajstić information content (AvgIpc) is 2.39. The van der Waals surface area contributed by atoms with Crippen LogP contribution in [0.1, 0.15) is 5.56 Å². The molecule has 0 saturated heterocycles. The van der Waals surface area contributed by atoms with E-state index in [1.807, 2.05) is 0 Å². The fourth-order valence-corrected chi connectivity index (χ4v) is 2.93. The number of nitrogens with zero attached hydrogens (tertiary/aromatic N) is 1. The molecule has 0 spiro atoms. The molecule has 2 rings (SSSR count). The number of phenolic OH excluding ortho intramolecular Hbond substituents is 1. The van der Waals surface area contributed by atoms with Crippen LogP contribution in [0.2, 0.25) is 0 Å². The van der Waals surface area contributed by atoms with Gasteiger partial charge in [0.05, 0.1) is 4.90 Å². The molecule has 0 heterocycles. The van der Waals surface area contributed by atoms with Crippen molar-refractivity contribution in [2.24, 2.45) is 0 Å². The van der Waals surface area contributed by atoms with Gasteiger partial charge in [0.2, 0.25) is 10.0 Å². The van der Waals surface area contributed by atoms with Gasteiger partial charge in [-0.2, -0.15) is 4.31 Å². The smallest absolute Gasteiger partial charge is 0.243 e. The van der Waals surface area contributed by atoms with Crippen LogP contribution in [-0.4, -0.2) is 24.9 Å². The van der Waals surface area contributed by atoms with Gasteiger partial charge in [0.15, 0.2) is 0 Å². The monoisotopic (exact) mass is 295 g/mol. The fourth-order valence-electron chi connectivity index (χ4n) is 1.78. The Morgan fingerprint density at radius 1 is 1.15 bits per heavy atom. The summed E-state index contributed by atoms with van der Waals surface area (Å²) in [6.07, 6.45) is 0. The third kappa shape index (κ3) is 3.15. The second kappa shape index (κ2) is 5.60. The lowest BCUT2D eigenvalue weighted by atomic mass is 10.2. The molecule has 0 aliphatic carbocycles. The van der Waals surface area contributed by atoms with Crippen LogP contribution < -0.4 is 0 Å². The lowest BCUT2D eigenvalue weighted by Gasteiger charge is -2.17. The summed E-state index contributed by atoms with van der Waals surface area (Å²) in [6.45, 7) is 0.0704. The van der Waals surface area contributed by atoms with Crippen LogP contribution in [0.15, 0.2) is 53.4 Å². The van der Waals surface area contributed by atoms with Crippen molar-refractivity contribution in [3.63, 3.8) is 0 Å². The number of phenols is 1.